The van der Waals surface area contributed by atoms with Crippen LogP contribution in [0.1, 0.15) is 47.6 Å². The van der Waals surface area contributed by atoms with Gasteiger partial charge in [0.25, 0.3) is 0 Å². The second-order valence-electron chi connectivity index (χ2n) is 6.62. The van der Waals surface area contributed by atoms with Crippen LogP contribution in [0.2, 0.25) is 0 Å². The number of hydrogen-bond acceptors (Lipinski definition) is 2. The van der Waals surface area contributed by atoms with E-state index < -0.39 is 0 Å². The third-order valence-corrected chi connectivity index (χ3v) is 4.44. The fraction of sp³-hybridized carbons (Fsp3) is 0.227. The molecule has 0 spiro atoms. The van der Waals surface area contributed by atoms with Crippen LogP contribution in [-0.4, -0.2) is 5.97 Å². The molecule has 0 aromatic heterocycles. The first kappa shape index (κ1) is 16.3. The van der Waals surface area contributed by atoms with E-state index in [1.807, 2.05) is 36.4 Å². The van der Waals surface area contributed by atoms with Crippen molar-refractivity contribution in [3.8, 4) is 0 Å². The average molecular weight is 318 g/mol. The standard InChI is InChI=1S/C22H22O2/c1-14(2)18-9-6-17(7-10-18)12-20-13-21(24-22(20)23)19-8-5-15(3)16(4)11-19/h5-14H,1-4H3/b20-12+. The highest BCUT2D eigenvalue weighted by Crippen LogP contribution is 2.28. The topological polar surface area (TPSA) is 26.3 Å². The first-order valence-corrected chi connectivity index (χ1v) is 8.27. The van der Waals surface area contributed by atoms with Gasteiger partial charge in [-0.25, -0.2) is 4.79 Å². The minimum Gasteiger partial charge on any atom is -0.422 e. The van der Waals surface area contributed by atoms with Crippen LogP contribution in [0.15, 0.2) is 54.1 Å². The zero-order chi connectivity index (χ0) is 17.3. The summed E-state index contributed by atoms with van der Waals surface area (Å²) in [7, 11) is 0. The summed E-state index contributed by atoms with van der Waals surface area (Å²) < 4.78 is 5.44. The highest BCUT2D eigenvalue weighted by molar-refractivity contribution is 6.05. The zero-order valence-electron chi connectivity index (χ0n) is 14.6. The lowest BCUT2D eigenvalue weighted by atomic mass is 10.0. The third kappa shape index (κ3) is 3.33. The Kier molecular flexibility index (Phi) is 4.39. The van der Waals surface area contributed by atoms with E-state index >= 15 is 0 Å². The van der Waals surface area contributed by atoms with Crippen molar-refractivity contribution in [3.05, 3.63) is 81.9 Å². The molecule has 2 nitrogen and oxygen atoms in total. The number of aryl methyl sites for hydroxylation is 2. The molecule has 0 saturated heterocycles. The number of esters is 1. The molecule has 2 heteroatoms. The number of carbonyl (C=O) groups excluding carboxylic acids is 1. The van der Waals surface area contributed by atoms with E-state index in [1.165, 1.54) is 16.7 Å². The van der Waals surface area contributed by atoms with Crippen LogP contribution in [0.4, 0.5) is 0 Å². The molecule has 3 rings (SSSR count). The maximum atomic E-state index is 12.1. The fourth-order valence-corrected chi connectivity index (χ4v) is 2.68. The van der Waals surface area contributed by atoms with Gasteiger partial charge in [0.1, 0.15) is 5.76 Å². The van der Waals surface area contributed by atoms with Gasteiger partial charge in [-0.2, -0.15) is 0 Å². The number of carbonyl (C=O) groups is 1. The molecule has 0 amide bonds. The molecule has 0 bridgehead atoms. The number of benzene rings is 2. The summed E-state index contributed by atoms with van der Waals surface area (Å²) in [5, 5.41) is 0. The van der Waals surface area contributed by atoms with Gasteiger partial charge in [-0.05, 0) is 60.2 Å². The van der Waals surface area contributed by atoms with Crippen LogP contribution in [-0.2, 0) is 9.53 Å². The molecule has 2 aromatic carbocycles. The minimum atomic E-state index is -0.295. The Morgan fingerprint density at radius 2 is 1.67 bits per heavy atom. The van der Waals surface area contributed by atoms with Crippen molar-refractivity contribution in [2.24, 2.45) is 0 Å². The molecule has 24 heavy (non-hydrogen) atoms. The first-order chi connectivity index (χ1) is 11.4. The molecular weight excluding hydrogens is 296 g/mol. The predicted molar refractivity (Wildman–Crippen MR) is 98.5 cm³/mol. The first-order valence-electron chi connectivity index (χ1n) is 8.27. The van der Waals surface area contributed by atoms with Crippen LogP contribution in [0.5, 0.6) is 0 Å². The van der Waals surface area contributed by atoms with E-state index in [0.29, 0.717) is 17.3 Å². The second-order valence-corrected chi connectivity index (χ2v) is 6.62. The maximum absolute atomic E-state index is 12.1. The van der Waals surface area contributed by atoms with E-state index in [-0.39, 0.29) is 5.97 Å². The van der Waals surface area contributed by atoms with Gasteiger partial charge < -0.3 is 4.74 Å². The molecule has 1 aliphatic rings. The highest BCUT2D eigenvalue weighted by Gasteiger charge is 2.22. The second kappa shape index (κ2) is 6.48. The normalized spacial score (nSPS) is 15.8. The van der Waals surface area contributed by atoms with E-state index in [4.69, 9.17) is 4.74 Å². The van der Waals surface area contributed by atoms with Crippen molar-refractivity contribution >= 4 is 17.8 Å². The summed E-state index contributed by atoms with van der Waals surface area (Å²) in [5.74, 6) is 0.823. The predicted octanol–water partition coefficient (Wildman–Crippen LogP) is 5.41. The minimum absolute atomic E-state index is 0.295. The molecule has 0 N–H and O–H groups in total. The van der Waals surface area contributed by atoms with Gasteiger partial charge in [-0.1, -0.05) is 50.2 Å². The smallest absolute Gasteiger partial charge is 0.343 e. The molecular formula is C22H22O2. The van der Waals surface area contributed by atoms with Crippen LogP contribution in [0.3, 0.4) is 0 Å². The van der Waals surface area contributed by atoms with Gasteiger partial charge in [0, 0.05) is 5.56 Å². The van der Waals surface area contributed by atoms with Gasteiger partial charge in [0.15, 0.2) is 0 Å². The van der Waals surface area contributed by atoms with E-state index in [0.717, 1.165) is 11.1 Å². The summed E-state index contributed by atoms with van der Waals surface area (Å²) in [6.45, 7) is 8.46. The van der Waals surface area contributed by atoms with Crippen LogP contribution >= 0.6 is 0 Å². The van der Waals surface area contributed by atoms with Gasteiger partial charge >= 0.3 is 5.97 Å². The third-order valence-electron chi connectivity index (χ3n) is 4.44. The van der Waals surface area contributed by atoms with Crippen molar-refractivity contribution in [2.45, 2.75) is 33.6 Å². The largest absolute Gasteiger partial charge is 0.422 e. The summed E-state index contributed by atoms with van der Waals surface area (Å²) in [5.41, 5.74) is 6.22. The number of rotatable bonds is 3. The average Bonchev–Trinajstić information content (AvgIpc) is 2.91. The van der Waals surface area contributed by atoms with Crippen LogP contribution in [0, 0.1) is 13.8 Å². The van der Waals surface area contributed by atoms with Crippen LogP contribution < -0.4 is 0 Å². The summed E-state index contributed by atoms with van der Waals surface area (Å²) in [6.07, 6.45) is 3.70. The van der Waals surface area contributed by atoms with E-state index in [2.05, 4.69) is 45.9 Å². The Balaban J connectivity index is 1.89. The Hall–Kier alpha value is -2.61. The molecule has 0 aliphatic carbocycles. The summed E-state index contributed by atoms with van der Waals surface area (Å²) >= 11 is 0. The molecule has 0 radical (unpaired) electrons. The van der Waals surface area contributed by atoms with Gasteiger partial charge in [-0.15, -0.1) is 0 Å². The molecule has 1 aliphatic heterocycles. The Bertz CT molecular complexity index is 837. The van der Waals surface area contributed by atoms with E-state index in [1.54, 1.807) is 0 Å². The van der Waals surface area contributed by atoms with Crippen LogP contribution in [0.25, 0.3) is 11.8 Å². The van der Waals surface area contributed by atoms with Crippen molar-refractivity contribution < 1.29 is 9.53 Å². The van der Waals surface area contributed by atoms with E-state index in [9.17, 15) is 4.79 Å². The van der Waals surface area contributed by atoms with Crippen molar-refractivity contribution in [3.63, 3.8) is 0 Å². The quantitative estimate of drug-likeness (QED) is 0.559. The van der Waals surface area contributed by atoms with Gasteiger partial charge in [0.2, 0.25) is 0 Å². The fourth-order valence-electron chi connectivity index (χ4n) is 2.68. The summed E-state index contributed by atoms with van der Waals surface area (Å²) in [4.78, 5) is 12.1. The molecule has 0 fully saturated rings. The number of cyclic esters (lactones) is 1. The summed E-state index contributed by atoms with van der Waals surface area (Å²) in [6, 6.07) is 14.4. The highest BCUT2D eigenvalue weighted by atomic mass is 16.5. The Morgan fingerprint density at radius 3 is 2.29 bits per heavy atom. The lowest BCUT2D eigenvalue weighted by Crippen LogP contribution is -1.97. The van der Waals surface area contributed by atoms with Crippen molar-refractivity contribution in [2.75, 3.05) is 0 Å². The maximum Gasteiger partial charge on any atom is 0.343 e. The molecule has 0 saturated carbocycles. The molecule has 2 aromatic rings. The van der Waals surface area contributed by atoms with Gasteiger partial charge in [-0.3, -0.25) is 0 Å². The van der Waals surface area contributed by atoms with Gasteiger partial charge in [0.05, 0.1) is 5.57 Å². The molecule has 0 atom stereocenters. The Morgan fingerprint density at radius 1 is 0.958 bits per heavy atom. The Labute approximate surface area is 143 Å². The molecule has 1 heterocycles. The lowest BCUT2D eigenvalue weighted by Gasteiger charge is -2.05. The van der Waals surface area contributed by atoms with Crippen molar-refractivity contribution in [1.82, 2.24) is 0 Å². The SMILES string of the molecule is Cc1ccc(C2=C/C(=C\c3ccc(C(C)C)cc3)C(=O)O2)cc1C. The lowest BCUT2D eigenvalue weighted by molar-refractivity contribution is -0.130. The number of hydrogen-bond donors (Lipinski definition) is 0. The molecule has 0 unspecified atom stereocenters. The monoisotopic (exact) mass is 318 g/mol. The molecule has 122 valence electrons. The van der Waals surface area contributed by atoms with Crippen molar-refractivity contribution in [1.29, 1.82) is 0 Å². The number of ether oxygens (including phenoxy) is 1. The zero-order valence-corrected chi connectivity index (χ0v) is 14.6.